The van der Waals surface area contributed by atoms with Crippen molar-refractivity contribution >= 4 is 11.9 Å². The molecule has 0 aliphatic carbocycles. The quantitative estimate of drug-likeness (QED) is 0.0348. The predicted molar refractivity (Wildman–Crippen MR) is 260 cm³/mol. The van der Waals surface area contributed by atoms with Crippen molar-refractivity contribution in [3.63, 3.8) is 0 Å². The number of allylic oxidation sites excluding steroid dienone is 16. The van der Waals surface area contributed by atoms with Gasteiger partial charge in [-0.25, -0.2) is 0 Å². The lowest BCUT2D eigenvalue weighted by Gasteiger charge is -2.18. The highest BCUT2D eigenvalue weighted by Crippen LogP contribution is 2.12. The summed E-state index contributed by atoms with van der Waals surface area (Å²) in [4.78, 5) is 25.3. The molecule has 0 aliphatic rings. The Labute approximate surface area is 371 Å². The molecule has 0 heterocycles. The number of esters is 2. The van der Waals surface area contributed by atoms with Gasteiger partial charge < -0.3 is 14.2 Å². The summed E-state index contributed by atoms with van der Waals surface area (Å²) in [5, 5.41) is 0. The second kappa shape index (κ2) is 50.2. The molecule has 1 atom stereocenters. The minimum Gasteiger partial charge on any atom is -0.462 e. The van der Waals surface area contributed by atoms with E-state index in [1.807, 2.05) is 0 Å². The van der Waals surface area contributed by atoms with Gasteiger partial charge in [-0.3, -0.25) is 9.59 Å². The summed E-state index contributed by atoms with van der Waals surface area (Å²) >= 11 is 0. The summed E-state index contributed by atoms with van der Waals surface area (Å²) in [6, 6.07) is 0. The van der Waals surface area contributed by atoms with Gasteiger partial charge in [0.05, 0.1) is 6.61 Å². The highest BCUT2D eigenvalue weighted by Gasteiger charge is 2.17. The molecule has 0 rings (SSSR count). The molecule has 342 valence electrons. The van der Waals surface area contributed by atoms with Gasteiger partial charge in [0.2, 0.25) is 0 Å². The minimum absolute atomic E-state index is 0.0494. The standard InChI is InChI=1S/C55H92O5/c1-4-7-10-13-16-19-22-25-28-30-33-36-39-42-45-48-54(56)59-52-53(51-58-50-47-44-41-38-35-32-27-24-21-18-15-12-9-6-3)60-55(57)49-46-43-40-37-34-31-29-26-23-20-17-14-11-8-5-2/h7-8,10-11,16-17,19-21,24-26,28-29,33,36,53H,4-6,9,12-15,18,22-23,27,30-32,34-35,37-52H2,1-3H3/b10-7-,11-8-,19-16-,20-17-,24-21-,28-25-,29-26-,36-33-. The predicted octanol–water partition coefficient (Wildman–Crippen LogP) is 16.7. The number of ether oxygens (including phenoxy) is 3. The van der Waals surface area contributed by atoms with E-state index in [0.717, 1.165) is 103 Å². The van der Waals surface area contributed by atoms with E-state index in [2.05, 4.69) is 118 Å². The summed E-state index contributed by atoms with van der Waals surface area (Å²) in [5.74, 6) is -0.472. The molecule has 0 aromatic heterocycles. The van der Waals surface area contributed by atoms with Crippen LogP contribution in [0.2, 0.25) is 0 Å². The normalized spacial score (nSPS) is 13.1. The van der Waals surface area contributed by atoms with E-state index in [1.165, 1.54) is 77.0 Å². The Morgan fingerprint density at radius 2 is 0.750 bits per heavy atom. The van der Waals surface area contributed by atoms with E-state index in [9.17, 15) is 9.59 Å². The van der Waals surface area contributed by atoms with E-state index in [4.69, 9.17) is 14.2 Å². The molecule has 0 saturated heterocycles. The molecule has 5 heteroatoms. The second-order valence-corrected chi connectivity index (χ2v) is 15.9. The fraction of sp³-hybridized carbons (Fsp3) is 0.673. The molecule has 60 heavy (non-hydrogen) atoms. The zero-order valence-corrected chi connectivity index (χ0v) is 39.2. The SMILES string of the molecule is CC/C=C\C/C=C\C/C=C\C/C=C\CCCCC(=O)OCC(COCCCCCCCC/C=C\CCCCCC)OC(=O)CCCCCCC/C=C\C/C=C\C/C=C\CC. The zero-order valence-electron chi connectivity index (χ0n) is 39.2. The topological polar surface area (TPSA) is 61.8 Å². The largest absolute Gasteiger partial charge is 0.462 e. The van der Waals surface area contributed by atoms with E-state index in [-0.39, 0.29) is 25.2 Å². The number of carbonyl (C=O) groups is 2. The molecule has 0 bridgehead atoms. The van der Waals surface area contributed by atoms with Crippen molar-refractivity contribution in [3.05, 3.63) is 97.2 Å². The van der Waals surface area contributed by atoms with Gasteiger partial charge in [-0.15, -0.1) is 0 Å². The fourth-order valence-corrected chi connectivity index (χ4v) is 6.45. The van der Waals surface area contributed by atoms with Gasteiger partial charge in [0.1, 0.15) is 6.61 Å². The van der Waals surface area contributed by atoms with Crippen LogP contribution >= 0.6 is 0 Å². The van der Waals surface area contributed by atoms with Gasteiger partial charge >= 0.3 is 11.9 Å². The number of unbranched alkanes of at least 4 members (excludes halogenated alkanes) is 17. The fourth-order valence-electron chi connectivity index (χ4n) is 6.45. The molecule has 0 aliphatic heterocycles. The molecule has 0 aromatic rings. The molecule has 0 spiro atoms. The Morgan fingerprint density at radius 1 is 0.383 bits per heavy atom. The zero-order chi connectivity index (χ0) is 43.5. The number of rotatable bonds is 44. The Kier molecular flexibility index (Phi) is 47.5. The van der Waals surface area contributed by atoms with Crippen molar-refractivity contribution in [2.24, 2.45) is 0 Å². The Bertz CT molecular complexity index is 1170. The van der Waals surface area contributed by atoms with E-state index in [1.54, 1.807) is 0 Å². The van der Waals surface area contributed by atoms with Gasteiger partial charge in [-0.2, -0.15) is 0 Å². The minimum atomic E-state index is -0.569. The van der Waals surface area contributed by atoms with Crippen LogP contribution in [0.15, 0.2) is 97.2 Å². The smallest absolute Gasteiger partial charge is 0.306 e. The first-order valence-corrected chi connectivity index (χ1v) is 24.8. The van der Waals surface area contributed by atoms with Crippen molar-refractivity contribution in [2.75, 3.05) is 19.8 Å². The summed E-state index contributed by atoms with van der Waals surface area (Å²) in [6.07, 6.45) is 67.0. The molecule has 0 amide bonds. The van der Waals surface area contributed by atoms with E-state index in [0.29, 0.717) is 19.4 Å². The summed E-state index contributed by atoms with van der Waals surface area (Å²) in [5.41, 5.74) is 0. The Balaban J connectivity index is 4.39. The molecule has 5 nitrogen and oxygen atoms in total. The molecule has 0 N–H and O–H groups in total. The molecule has 0 aromatic carbocycles. The van der Waals surface area contributed by atoms with Crippen molar-refractivity contribution in [1.29, 1.82) is 0 Å². The van der Waals surface area contributed by atoms with Crippen LogP contribution < -0.4 is 0 Å². The van der Waals surface area contributed by atoms with E-state index >= 15 is 0 Å². The highest BCUT2D eigenvalue weighted by atomic mass is 16.6. The van der Waals surface area contributed by atoms with Crippen LogP contribution in [0.4, 0.5) is 0 Å². The summed E-state index contributed by atoms with van der Waals surface area (Å²) < 4.78 is 17.3. The first-order chi connectivity index (χ1) is 29.6. The van der Waals surface area contributed by atoms with Crippen LogP contribution in [0.5, 0.6) is 0 Å². The summed E-state index contributed by atoms with van der Waals surface area (Å²) in [6.45, 7) is 7.51. The maximum Gasteiger partial charge on any atom is 0.306 e. The molecular formula is C55H92O5. The van der Waals surface area contributed by atoms with Crippen molar-refractivity contribution in [3.8, 4) is 0 Å². The second-order valence-electron chi connectivity index (χ2n) is 15.9. The van der Waals surface area contributed by atoms with Gasteiger partial charge in [-0.1, -0.05) is 182 Å². The first kappa shape index (κ1) is 56.8. The third kappa shape index (κ3) is 47.5. The maximum atomic E-state index is 12.8. The van der Waals surface area contributed by atoms with Gasteiger partial charge in [0, 0.05) is 19.4 Å². The molecule has 0 saturated carbocycles. The van der Waals surface area contributed by atoms with Crippen molar-refractivity contribution in [2.45, 2.75) is 219 Å². The van der Waals surface area contributed by atoms with Crippen LogP contribution in [0.3, 0.4) is 0 Å². The number of carbonyl (C=O) groups excluding carboxylic acids is 2. The monoisotopic (exact) mass is 833 g/mol. The number of hydrogen-bond acceptors (Lipinski definition) is 5. The van der Waals surface area contributed by atoms with Crippen LogP contribution in [0.1, 0.15) is 213 Å². The van der Waals surface area contributed by atoms with Crippen LogP contribution in [0, 0.1) is 0 Å². The molecule has 0 fully saturated rings. The third-order valence-corrected chi connectivity index (χ3v) is 10.1. The molecule has 1 unspecified atom stereocenters. The third-order valence-electron chi connectivity index (χ3n) is 10.1. The Morgan fingerprint density at radius 3 is 1.25 bits per heavy atom. The van der Waals surface area contributed by atoms with Crippen molar-refractivity contribution in [1.82, 2.24) is 0 Å². The lowest BCUT2D eigenvalue weighted by molar-refractivity contribution is -0.163. The average Bonchev–Trinajstić information content (AvgIpc) is 3.25. The maximum absolute atomic E-state index is 12.8. The summed E-state index contributed by atoms with van der Waals surface area (Å²) in [7, 11) is 0. The van der Waals surface area contributed by atoms with Crippen LogP contribution in [-0.4, -0.2) is 37.9 Å². The van der Waals surface area contributed by atoms with E-state index < -0.39 is 6.10 Å². The highest BCUT2D eigenvalue weighted by molar-refractivity contribution is 5.70. The lowest BCUT2D eigenvalue weighted by atomic mass is 10.1. The molecular weight excluding hydrogens is 741 g/mol. The van der Waals surface area contributed by atoms with Gasteiger partial charge in [0.25, 0.3) is 0 Å². The number of hydrogen-bond donors (Lipinski definition) is 0. The van der Waals surface area contributed by atoms with Crippen molar-refractivity contribution < 1.29 is 23.8 Å². The van der Waals surface area contributed by atoms with Gasteiger partial charge in [-0.05, 0) is 116 Å². The average molecular weight is 833 g/mol. The Hall–Kier alpha value is -3.18. The lowest BCUT2D eigenvalue weighted by Crippen LogP contribution is -2.30. The molecule has 0 radical (unpaired) electrons. The first-order valence-electron chi connectivity index (χ1n) is 24.8. The van der Waals surface area contributed by atoms with Gasteiger partial charge in [0.15, 0.2) is 6.10 Å². The van der Waals surface area contributed by atoms with Crippen LogP contribution in [-0.2, 0) is 23.8 Å². The van der Waals surface area contributed by atoms with Crippen LogP contribution in [0.25, 0.3) is 0 Å².